The fourth-order valence-corrected chi connectivity index (χ4v) is 3.51. The third-order valence-electron chi connectivity index (χ3n) is 4.97. The highest BCUT2D eigenvalue weighted by Crippen LogP contribution is 2.17. The Labute approximate surface area is 141 Å². The molecule has 0 aromatic rings. The molecule has 0 aromatic heterocycles. The molecule has 0 radical (unpaired) electrons. The summed E-state index contributed by atoms with van der Waals surface area (Å²) in [6.07, 6.45) is 18.9. The summed E-state index contributed by atoms with van der Waals surface area (Å²) < 4.78 is 1.32. The molecule has 0 fully saturated rings. The quantitative estimate of drug-likeness (QED) is 0.159. The largest absolute Gasteiger partial charge is 0.320 e. The van der Waals surface area contributed by atoms with Gasteiger partial charge in [0.05, 0.1) is 26.2 Å². The number of unbranched alkanes of at least 4 members (excludes halogenated alkanes) is 9. The molecule has 22 heavy (non-hydrogen) atoms. The highest BCUT2D eigenvalue weighted by atomic mass is 15.3. The van der Waals surface area contributed by atoms with Crippen LogP contribution in [0.15, 0.2) is 12.7 Å². The molecule has 0 aliphatic rings. The van der Waals surface area contributed by atoms with Gasteiger partial charge in [-0.25, -0.2) is 0 Å². The van der Waals surface area contributed by atoms with E-state index < -0.39 is 0 Å². The van der Waals surface area contributed by atoms with Crippen molar-refractivity contribution in [3.8, 4) is 0 Å². The molecule has 0 spiro atoms. The van der Waals surface area contributed by atoms with Crippen molar-refractivity contribution >= 4 is 0 Å². The lowest BCUT2D eigenvalue weighted by atomic mass is 10.1. The van der Waals surface area contributed by atoms with E-state index in [9.17, 15) is 0 Å². The summed E-state index contributed by atoms with van der Waals surface area (Å²) in [6, 6.07) is 0. The second-order valence-electron chi connectivity index (χ2n) is 7.17. The molecule has 0 saturated carbocycles. The first-order chi connectivity index (χ1) is 10.7. The van der Waals surface area contributed by atoms with Crippen LogP contribution in [0.3, 0.4) is 0 Å². The van der Waals surface area contributed by atoms with E-state index in [-0.39, 0.29) is 0 Å². The van der Waals surface area contributed by atoms with Crippen molar-refractivity contribution in [2.24, 2.45) is 0 Å². The van der Waals surface area contributed by atoms with Crippen LogP contribution in [0.4, 0.5) is 0 Å². The minimum absolute atomic E-state index is 1.18. The Morgan fingerprint density at radius 3 is 1.23 bits per heavy atom. The molecule has 132 valence electrons. The molecule has 0 bridgehead atoms. The van der Waals surface area contributed by atoms with Gasteiger partial charge in [0.1, 0.15) is 0 Å². The molecule has 0 atom stereocenters. The zero-order valence-corrected chi connectivity index (χ0v) is 16.0. The van der Waals surface area contributed by atoms with Crippen LogP contribution in [0.2, 0.25) is 0 Å². The highest BCUT2D eigenvalue weighted by molar-refractivity contribution is 4.67. The Balaban J connectivity index is 4.43. The third-order valence-corrected chi connectivity index (χ3v) is 4.97. The van der Waals surface area contributed by atoms with E-state index in [0.29, 0.717) is 0 Å². The van der Waals surface area contributed by atoms with Gasteiger partial charge < -0.3 is 4.48 Å². The molecule has 0 aliphatic carbocycles. The minimum Gasteiger partial charge on any atom is -0.320 e. The molecule has 1 heteroatoms. The van der Waals surface area contributed by atoms with Crippen molar-refractivity contribution in [2.75, 3.05) is 26.2 Å². The van der Waals surface area contributed by atoms with Gasteiger partial charge in [-0.15, -0.1) is 0 Å². The zero-order valence-electron chi connectivity index (χ0n) is 16.0. The van der Waals surface area contributed by atoms with Crippen LogP contribution in [0.25, 0.3) is 0 Å². The van der Waals surface area contributed by atoms with E-state index >= 15 is 0 Å². The first-order valence-corrected chi connectivity index (χ1v) is 10.2. The lowest BCUT2D eigenvalue weighted by Gasteiger charge is -2.38. The summed E-state index contributed by atoms with van der Waals surface area (Å²) in [5.41, 5.74) is 0. The van der Waals surface area contributed by atoms with Gasteiger partial charge in [0.2, 0.25) is 0 Å². The molecular formula is C21H44N+. The van der Waals surface area contributed by atoms with Gasteiger partial charge in [-0.1, -0.05) is 65.9 Å². The Morgan fingerprint density at radius 1 is 0.591 bits per heavy atom. The number of quaternary nitrogens is 1. The number of nitrogens with zero attached hydrogens (tertiary/aromatic N) is 1. The number of hydrogen-bond acceptors (Lipinski definition) is 0. The van der Waals surface area contributed by atoms with Gasteiger partial charge in [-0.05, 0) is 44.6 Å². The fraction of sp³-hybridized carbons (Fsp3) is 0.905. The predicted molar refractivity (Wildman–Crippen MR) is 102 cm³/mol. The van der Waals surface area contributed by atoms with Gasteiger partial charge >= 0.3 is 0 Å². The summed E-state index contributed by atoms with van der Waals surface area (Å²) in [4.78, 5) is 0. The van der Waals surface area contributed by atoms with Crippen molar-refractivity contribution < 1.29 is 4.48 Å². The standard InChI is InChI=1S/C21H44N/c1-5-9-12-15-19-22(18-8-4,20-16-13-10-6-2)21-17-14-11-7-3/h8H,4-7,9-21H2,1-3H3/q+1. The van der Waals surface area contributed by atoms with Crippen molar-refractivity contribution in [2.45, 2.75) is 97.8 Å². The molecule has 0 N–H and O–H groups in total. The van der Waals surface area contributed by atoms with Crippen LogP contribution >= 0.6 is 0 Å². The normalized spacial score (nSPS) is 11.8. The van der Waals surface area contributed by atoms with Gasteiger partial charge in [-0.3, -0.25) is 0 Å². The Hall–Kier alpha value is -0.300. The number of hydrogen-bond donors (Lipinski definition) is 0. The van der Waals surface area contributed by atoms with E-state index in [4.69, 9.17) is 0 Å². The first-order valence-electron chi connectivity index (χ1n) is 10.2. The van der Waals surface area contributed by atoms with E-state index in [0.717, 1.165) is 0 Å². The molecule has 0 rings (SSSR count). The van der Waals surface area contributed by atoms with Crippen molar-refractivity contribution in [3.05, 3.63) is 12.7 Å². The monoisotopic (exact) mass is 310 g/mol. The molecule has 0 amide bonds. The molecule has 0 aliphatic heterocycles. The van der Waals surface area contributed by atoms with Gasteiger partial charge in [0, 0.05) is 0 Å². The summed E-state index contributed by atoms with van der Waals surface area (Å²) in [5, 5.41) is 0. The summed E-state index contributed by atoms with van der Waals surface area (Å²) in [7, 11) is 0. The van der Waals surface area contributed by atoms with Crippen molar-refractivity contribution in [3.63, 3.8) is 0 Å². The third kappa shape index (κ3) is 11.3. The molecular weight excluding hydrogens is 266 g/mol. The molecule has 0 aromatic carbocycles. The second kappa shape index (κ2) is 15.6. The fourth-order valence-electron chi connectivity index (χ4n) is 3.51. The average molecular weight is 311 g/mol. The molecule has 0 unspecified atom stereocenters. The topological polar surface area (TPSA) is 0 Å². The SMILES string of the molecule is C=CC[N+](CCCCCC)(CCCCCC)CCCCCC. The summed E-state index contributed by atoms with van der Waals surface area (Å²) in [6.45, 7) is 16.3. The highest BCUT2D eigenvalue weighted by Gasteiger charge is 2.24. The maximum absolute atomic E-state index is 4.06. The summed E-state index contributed by atoms with van der Waals surface area (Å²) >= 11 is 0. The van der Waals surface area contributed by atoms with E-state index in [2.05, 4.69) is 33.4 Å². The second-order valence-corrected chi connectivity index (χ2v) is 7.17. The lowest BCUT2D eigenvalue weighted by Crippen LogP contribution is -2.50. The number of rotatable bonds is 17. The van der Waals surface area contributed by atoms with E-state index in [1.807, 2.05) is 0 Å². The van der Waals surface area contributed by atoms with Crippen LogP contribution < -0.4 is 0 Å². The minimum atomic E-state index is 1.18. The summed E-state index contributed by atoms with van der Waals surface area (Å²) in [5.74, 6) is 0. The van der Waals surface area contributed by atoms with Crippen molar-refractivity contribution in [1.29, 1.82) is 0 Å². The molecule has 0 heterocycles. The first kappa shape index (κ1) is 21.7. The molecule has 0 saturated heterocycles. The van der Waals surface area contributed by atoms with Crippen LogP contribution in [-0.2, 0) is 0 Å². The zero-order chi connectivity index (χ0) is 16.5. The predicted octanol–water partition coefficient (Wildman–Crippen LogP) is 6.73. The van der Waals surface area contributed by atoms with Gasteiger partial charge in [0.25, 0.3) is 0 Å². The Morgan fingerprint density at radius 2 is 0.955 bits per heavy atom. The van der Waals surface area contributed by atoms with Crippen LogP contribution in [-0.4, -0.2) is 30.7 Å². The van der Waals surface area contributed by atoms with Gasteiger partial charge in [-0.2, -0.15) is 0 Å². The van der Waals surface area contributed by atoms with E-state index in [1.54, 1.807) is 0 Å². The van der Waals surface area contributed by atoms with Crippen LogP contribution in [0.1, 0.15) is 97.8 Å². The van der Waals surface area contributed by atoms with Gasteiger partial charge in [0.15, 0.2) is 0 Å². The maximum atomic E-state index is 4.06. The lowest BCUT2D eigenvalue weighted by molar-refractivity contribution is -0.923. The van der Waals surface area contributed by atoms with Crippen LogP contribution in [0, 0.1) is 0 Å². The Bertz CT molecular complexity index is 203. The maximum Gasteiger partial charge on any atom is 0.0971 e. The smallest absolute Gasteiger partial charge is 0.0971 e. The molecule has 1 nitrogen and oxygen atoms in total. The van der Waals surface area contributed by atoms with Crippen LogP contribution in [0.5, 0.6) is 0 Å². The van der Waals surface area contributed by atoms with Crippen molar-refractivity contribution in [1.82, 2.24) is 0 Å². The van der Waals surface area contributed by atoms with E-state index in [1.165, 1.54) is 108 Å². The Kier molecular flexibility index (Phi) is 15.4. The average Bonchev–Trinajstić information content (AvgIpc) is 2.53.